The lowest BCUT2D eigenvalue weighted by molar-refractivity contribution is -0.312. The fourth-order valence-electron chi connectivity index (χ4n) is 2.56. The Hall–Kier alpha value is 0.234. The van der Waals surface area contributed by atoms with Crippen molar-refractivity contribution in [2.75, 3.05) is 13.2 Å². The van der Waals surface area contributed by atoms with Gasteiger partial charge in [-0.3, -0.25) is 0 Å². The Bertz CT molecular complexity index is 220. The van der Waals surface area contributed by atoms with E-state index in [4.69, 9.17) is 25.0 Å². The molecule has 2 saturated heterocycles. The van der Waals surface area contributed by atoms with Crippen LogP contribution in [0.1, 0.15) is 38.5 Å². The highest BCUT2D eigenvalue weighted by atomic mass is 28.2. The SMILES string of the molecule is N[SiH2]C1(OC2([SiH2]N)CCCCO2)CCCCO1. The average molecular weight is 276 g/mol. The molecular weight excluding hydrogens is 252 g/mol. The van der Waals surface area contributed by atoms with E-state index in [1.807, 2.05) is 0 Å². The van der Waals surface area contributed by atoms with Crippen molar-refractivity contribution in [1.29, 1.82) is 0 Å². The Morgan fingerprint density at radius 2 is 1.29 bits per heavy atom. The van der Waals surface area contributed by atoms with Crippen molar-refractivity contribution in [3.63, 3.8) is 0 Å². The molecule has 2 rings (SSSR count). The van der Waals surface area contributed by atoms with Crippen LogP contribution in [0.3, 0.4) is 0 Å². The first kappa shape index (κ1) is 13.7. The highest BCUT2D eigenvalue weighted by Gasteiger charge is 2.44. The monoisotopic (exact) mass is 276 g/mol. The minimum Gasteiger partial charge on any atom is -0.353 e. The second-order valence-corrected chi connectivity index (χ2v) is 7.91. The van der Waals surface area contributed by atoms with Gasteiger partial charge in [0.1, 0.15) is 0 Å². The van der Waals surface area contributed by atoms with E-state index < -0.39 is 30.2 Å². The Morgan fingerprint density at radius 3 is 1.59 bits per heavy atom. The van der Waals surface area contributed by atoms with E-state index in [1.54, 1.807) is 0 Å². The van der Waals surface area contributed by atoms with Crippen LogP contribution in [0.15, 0.2) is 0 Å². The maximum absolute atomic E-state index is 6.23. The van der Waals surface area contributed by atoms with Gasteiger partial charge in [-0.25, -0.2) is 0 Å². The lowest BCUT2D eigenvalue weighted by Gasteiger charge is -2.45. The quantitative estimate of drug-likeness (QED) is 0.630. The third-order valence-electron chi connectivity index (χ3n) is 3.63. The van der Waals surface area contributed by atoms with Gasteiger partial charge in [-0.05, 0) is 38.5 Å². The molecule has 5 nitrogen and oxygen atoms in total. The van der Waals surface area contributed by atoms with E-state index in [0.29, 0.717) is 0 Å². The van der Waals surface area contributed by atoms with Crippen LogP contribution < -0.4 is 10.8 Å². The maximum Gasteiger partial charge on any atom is 0.163 e. The van der Waals surface area contributed by atoms with E-state index in [2.05, 4.69) is 0 Å². The van der Waals surface area contributed by atoms with E-state index in [9.17, 15) is 0 Å². The van der Waals surface area contributed by atoms with E-state index in [0.717, 1.165) is 51.7 Å². The van der Waals surface area contributed by atoms with Crippen LogP contribution in [0.5, 0.6) is 0 Å². The molecule has 2 fully saturated rings. The van der Waals surface area contributed by atoms with Gasteiger partial charge in [-0.1, -0.05) is 0 Å². The van der Waals surface area contributed by atoms with Gasteiger partial charge >= 0.3 is 0 Å². The molecule has 2 aliphatic heterocycles. The van der Waals surface area contributed by atoms with Gasteiger partial charge in [0.15, 0.2) is 30.2 Å². The Kier molecular flexibility index (Phi) is 4.75. The maximum atomic E-state index is 6.23. The molecule has 0 bridgehead atoms. The van der Waals surface area contributed by atoms with Crippen molar-refractivity contribution < 1.29 is 14.2 Å². The van der Waals surface area contributed by atoms with E-state index in [-0.39, 0.29) is 0 Å². The summed E-state index contributed by atoms with van der Waals surface area (Å²) in [6.45, 7) is 1.51. The number of rotatable bonds is 4. The molecule has 0 aromatic heterocycles. The Balaban J connectivity index is 2.04. The zero-order valence-electron chi connectivity index (χ0n) is 10.5. The fraction of sp³-hybridized carbons (Fsp3) is 1.00. The zero-order chi connectivity index (χ0) is 12.2. The minimum atomic E-state index is -0.888. The van der Waals surface area contributed by atoms with E-state index in [1.165, 1.54) is 0 Å². The summed E-state index contributed by atoms with van der Waals surface area (Å²) in [7, 11) is -1.78. The Labute approximate surface area is 107 Å². The largest absolute Gasteiger partial charge is 0.353 e. The third-order valence-corrected chi connectivity index (χ3v) is 6.28. The smallest absolute Gasteiger partial charge is 0.163 e. The summed E-state index contributed by atoms with van der Waals surface area (Å²) in [5.41, 5.74) is -1.02. The summed E-state index contributed by atoms with van der Waals surface area (Å²) >= 11 is 0. The molecule has 0 radical (unpaired) electrons. The molecule has 100 valence electrons. The lowest BCUT2D eigenvalue weighted by Crippen LogP contribution is -2.59. The predicted molar refractivity (Wildman–Crippen MR) is 71.6 cm³/mol. The van der Waals surface area contributed by atoms with Crippen LogP contribution in [0.2, 0.25) is 0 Å². The minimum absolute atomic E-state index is 0.512. The van der Waals surface area contributed by atoms with E-state index >= 15 is 0 Å². The topological polar surface area (TPSA) is 79.7 Å². The molecule has 2 unspecified atom stereocenters. The van der Waals surface area contributed by atoms with Crippen molar-refractivity contribution in [1.82, 2.24) is 0 Å². The van der Waals surface area contributed by atoms with Gasteiger partial charge in [-0.2, -0.15) is 0 Å². The van der Waals surface area contributed by atoms with Gasteiger partial charge in [0, 0.05) is 13.2 Å². The van der Waals surface area contributed by atoms with Crippen molar-refractivity contribution in [3.8, 4) is 0 Å². The first-order chi connectivity index (χ1) is 8.24. The first-order valence-electron chi connectivity index (χ1n) is 6.62. The van der Waals surface area contributed by atoms with Crippen molar-refractivity contribution >= 4 is 19.4 Å². The van der Waals surface area contributed by atoms with Gasteiger partial charge in [0.05, 0.1) is 0 Å². The van der Waals surface area contributed by atoms with Crippen molar-refractivity contribution in [3.05, 3.63) is 0 Å². The summed E-state index contributed by atoms with van der Waals surface area (Å²) in [5, 5.41) is 12.0. The van der Waals surface area contributed by atoms with Gasteiger partial charge in [0.2, 0.25) is 0 Å². The number of hydrogen-bond acceptors (Lipinski definition) is 5. The number of hydrogen-bond donors (Lipinski definition) is 2. The summed E-state index contributed by atoms with van der Waals surface area (Å²) in [6.07, 6.45) is 6.30. The van der Waals surface area contributed by atoms with Gasteiger partial charge in [-0.15, -0.1) is 0 Å². The predicted octanol–water partition coefficient (Wildman–Crippen LogP) is -1.20. The van der Waals surface area contributed by atoms with Crippen LogP contribution in [0.25, 0.3) is 0 Å². The summed E-state index contributed by atoms with van der Waals surface area (Å²) < 4.78 is 17.9. The molecule has 2 heterocycles. The van der Waals surface area contributed by atoms with Crippen LogP contribution in [-0.4, -0.2) is 43.4 Å². The van der Waals surface area contributed by atoms with Crippen LogP contribution in [0, 0.1) is 0 Å². The zero-order valence-corrected chi connectivity index (χ0v) is 13.3. The molecule has 17 heavy (non-hydrogen) atoms. The number of nitrogens with two attached hydrogens (primary N) is 2. The molecule has 2 atom stereocenters. The summed E-state index contributed by atoms with van der Waals surface area (Å²) in [6, 6.07) is 0. The molecule has 7 heteroatoms. The molecule has 4 N–H and O–H groups in total. The normalized spacial score (nSPS) is 40.6. The van der Waals surface area contributed by atoms with Gasteiger partial charge in [0.25, 0.3) is 0 Å². The Morgan fingerprint density at radius 1 is 0.824 bits per heavy atom. The summed E-state index contributed by atoms with van der Waals surface area (Å²) in [5.74, 6) is 0. The van der Waals surface area contributed by atoms with Gasteiger partial charge < -0.3 is 25.0 Å². The van der Waals surface area contributed by atoms with Crippen LogP contribution in [0.4, 0.5) is 0 Å². The average Bonchev–Trinajstić information content (AvgIpc) is 2.41. The molecule has 0 aromatic carbocycles. The first-order valence-corrected chi connectivity index (χ1v) is 9.67. The third kappa shape index (κ3) is 3.17. The molecule has 0 saturated carbocycles. The van der Waals surface area contributed by atoms with Crippen molar-refractivity contribution in [2.45, 2.75) is 49.3 Å². The molecule has 0 amide bonds. The lowest BCUT2D eigenvalue weighted by atomic mass is 10.2. The molecule has 0 aromatic rings. The number of ether oxygens (including phenoxy) is 3. The highest BCUT2D eigenvalue weighted by molar-refractivity contribution is 6.36. The molecular formula is C10H24N2O3Si2. The standard InChI is InChI=1S/C10H24N2O3Si2/c11-16-9(5-1-3-7-13-9)15-10(17-12)6-2-4-8-14-10/h1-8,11-12,16-17H2. The second-order valence-electron chi connectivity index (χ2n) is 4.94. The summed E-state index contributed by atoms with van der Waals surface area (Å²) in [4.78, 5) is 0. The molecule has 0 aliphatic carbocycles. The van der Waals surface area contributed by atoms with Crippen LogP contribution >= 0.6 is 0 Å². The second kappa shape index (κ2) is 5.92. The van der Waals surface area contributed by atoms with Crippen LogP contribution in [-0.2, 0) is 14.2 Å². The molecule has 0 spiro atoms. The highest BCUT2D eigenvalue weighted by Crippen LogP contribution is 2.33. The van der Waals surface area contributed by atoms with Crippen molar-refractivity contribution in [2.24, 2.45) is 10.8 Å². The molecule has 2 aliphatic rings. The fourth-order valence-corrected chi connectivity index (χ4v) is 4.89.